The van der Waals surface area contributed by atoms with Crippen LogP contribution in [0.15, 0.2) is 0 Å². The lowest BCUT2D eigenvalue weighted by molar-refractivity contribution is -0.145. The van der Waals surface area contributed by atoms with Gasteiger partial charge in [-0.1, -0.05) is 15.9 Å². The lowest BCUT2D eigenvalue weighted by Crippen LogP contribution is -2.45. The molecule has 0 aromatic heterocycles. The zero-order valence-electron chi connectivity index (χ0n) is 6.54. The minimum absolute atomic E-state index is 0.808. The number of hydrogen-bond donors (Lipinski definition) is 5. The van der Waals surface area contributed by atoms with Crippen LogP contribution in [0.3, 0.4) is 0 Å². The fourth-order valence-electron chi connectivity index (χ4n) is 0.600. The van der Waals surface area contributed by atoms with Crippen molar-refractivity contribution in [3.8, 4) is 0 Å². The molecule has 0 aromatic rings. The molecule has 0 amide bonds. The average molecular weight is 259 g/mol. The van der Waals surface area contributed by atoms with E-state index in [-0.39, 0.29) is 0 Å². The molecule has 5 N–H and O–H groups in total. The van der Waals surface area contributed by atoms with E-state index in [0.717, 1.165) is 0 Å². The summed E-state index contributed by atoms with van der Waals surface area (Å²) in [4.78, 5) is 10.9. The summed E-state index contributed by atoms with van der Waals surface area (Å²) in [5.74, 6) is -1.16. The number of aliphatic hydroxyl groups is 5. The summed E-state index contributed by atoms with van der Waals surface area (Å²) in [7, 11) is 0. The van der Waals surface area contributed by atoms with Crippen molar-refractivity contribution >= 4 is 21.7 Å². The SMILES string of the molecule is O=C([C@@H](O)C(O)Br)[C@H](O)[C@H](O)CO. The van der Waals surface area contributed by atoms with Gasteiger partial charge in [0.2, 0.25) is 0 Å². The molecule has 7 heteroatoms. The monoisotopic (exact) mass is 258 g/mol. The second-order valence-electron chi connectivity index (χ2n) is 2.41. The highest BCUT2D eigenvalue weighted by molar-refractivity contribution is 9.09. The molecule has 13 heavy (non-hydrogen) atoms. The van der Waals surface area contributed by atoms with Crippen LogP contribution < -0.4 is 0 Å². The molecule has 4 atom stereocenters. The molecule has 0 aliphatic carbocycles. The fraction of sp³-hybridized carbons (Fsp3) is 0.833. The molecule has 0 aliphatic rings. The van der Waals surface area contributed by atoms with Gasteiger partial charge in [0.1, 0.15) is 17.2 Å². The van der Waals surface area contributed by atoms with Crippen molar-refractivity contribution < 1.29 is 30.3 Å². The van der Waals surface area contributed by atoms with Crippen LogP contribution in [0.5, 0.6) is 0 Å². The normalized spacial score (nSPS) is 20.5. The van der Waals surface area contributed by atoms with E-state index in [1.807, 2.05) is 0 Å². The fourth-order valence-corrected chi connectivity index (χ4v) is 0.860. The highest BCUT2D eigenvalue weighted by Crippen LogP contribution is 2.07. The maximum absolute atomic E-state index is 10.9. The molecule has 0 rings (SSSR count). The molecule has 0 spiro atoms. The van der Waals surface area contributed by atoms with Gasteiger partial charge in [0.15, 0.2) is 11.9 Å². The van der Waals surface area contributed by atoms with E-state index in [9.17, 15) is 4.79 Å². The van der Waals surface area contributed by atoms with Crippen molar-refractivity contribution in [1.29, 1.82) is 0 Å². The Bertz CT molecular complexity index is 173. The molecule has 0 aliphatic heterocycles. The van der Waals surface area contributed by atoms with E-state index in [4.69, 9.17) is 25.5 Å². The predicted octanol–water partition coefficient (Wildman–Crippen LogP) is -2.66. The first kappa shape index (κ1) is 12.9. The Morgan fingerprint density at radius 1 is 1.15 bits per heavy atom. The molecular formula is C6H11BrO6. The first-order valence-electron chi connectivity index (χ1n) is 3.42. The Labute approximate surface area is 82.6 Å². The van der Waals surface area contributed by atoms with Crippen LogP contribution >= 0.6 is 15.9 Å². The quantitative estimate of drug-likeness (QED) is 0.344. The molecule has 78 valence electrons. The Morgan fingerprint density at radius 2 is 1.62 bits per heavy atom. The molecule has 6 nitrogen and oxygen atoms in total. The number of hydrogen-bond acceptors (Lipinski definition) is 6. The first-order chi connectivity index (χ1) is 5.91. The number of ketones is 1. The third-order valence-electron chi connectivity index (χ3n) is 1.40. The highest BCUT2D eigenvalue weighted by atomic mass is 79.9. The Hall–Kier alpha value is -0.0500. The molecule has 0 saturated carbocycles. The summed E-state index contributed by atoms with van der Waals surface area (Å²) in [6.07, 6.45) is -5.41. The van der Waals surface area contributed by atoms with Gasteiger partial charge in [-0.2, -0.15) is 0 Å². The maximum atomic E-state index is 10.9. The van der Waals surface area contributed by atoms with Crippen LogP contribution in [0, 0.1) is 0 Å². The van der Waals surface area contributed by atoms with Crippen molar-refractivity contribution in [3.63, 3.8) is 0 Å². The van der Waals surface area contributed by atoms with Crippen LogP contribution in [0.4, 0.5) is 0 Å². The molecule has 0 heterocycles. The first-order valence-corrected chi connectivity index (χ1v) is 4.34. The van der Waals surface area contributed by atoms with Crippen LogP contribution in [0.1, 0.15) is 0 Å². The molecule has 0 aromatic carbocycles. The number of aliphatic hydroxyl groups excluding tert-OH is 5. The number of rotatable bonds is 5. The largest absolute Gasteiger partial charge is 0.394 e. The maximum Gasteiger partial charge on any atom is 0.195 e. The van der Waals surface area contributed by atoms with Crippen LogP contribution in [-0.4, -0.2) is 61.2 Å². The summed E-state index contributed by atoms with van der Waals surface area (Å²) < 4.78 is 0. The molecule has 0 saturated heterocycles. The Kier molecular flexibility index (Phi) is 5.61. The molecule has 0 bridgehead atoms. The predicted molar refractivity (Wildman–Crippen MR) is 45.0 cm³/mol. The Balaban J connectivity index is 4.25. The van der Waals surface area contributed by atoms with Gasteiger partial charge in [-0.15, -0.1) is 0 Å². The van der Waals surface area contributed by atoms with Gasteiger partial charge in [-0.3, -0.25) is 4.79 Å². The van der Waals surface area contributed by atoms with E-state index in [0.29, 0.717) is 0 Å². The zero-order chi connectivity index (χ0) is 10.6. The summed E-state index contributed by atoms with van der Waals surface area (Å²) >= 11 is 2.51. The number of Topliss-reactive ketones (excluding diaryl/α,β-unsaturated/α-hetero) is 1. The van der Waals surface area contributed by atoms with Crippen LogP contribution in [-0.2, 0) is 4.79 Å². The molecule has 1 unspecified atom stereocenters. The minimum atomic E-state index is -1.91. The summed E-state index contributed by atoms with van der Waals surface area (Å²) in [6, 6.07) is 0. The lowest BCUT2D eigenvalue weighted by atomic mass is 10.1. The van der Waals surface area contributed by atoms with Crippen molar-refractivity contribution in [2.45, 2.75) is 23.3 Å². The van der Waals surface area contributed by atoms with Gasteiger partial charge in [-0.05, 0) is 0 Å². The van der Waals surface area contributed by atoms with Crippen LogP contribution in [0.25, 0.3) is 0 Å². The van der Waals surface area contributed by atoms with E-state index in [1.165, 1.54) is 0 Å². The average Bonchev–Trinajstić information content (AvgIpc) is 2.12. The smallest absolute Gasteiger partial charge is 0.195 e. The minimum Gasteiger partial charge on any atom is -0.394 e. The van der Waals surface area contributed by atoms with E-state index in [2.05, 4.69) is 15.9 Å². The van der Waals surface area contributed by atoms with Crippen molar-refractivity contribution in [2.24, 2.45) is 0 Å². The van der Waals surface area contributed by atoms with Crippen molar-refractivity contribution in [1.82, 2.24) is 0 Å². The lowest BCUT2D eigenvalue weighted by Gasteiger charge is -2.18. The van der Waals surface area contributed by atoms with Gasteiger partial charge < -0.3 is 25.5 Å². The number of carbonyl (C=O) groups is 1. The highest BCUT2D eigenvalue weighted by Gasteiger charge is 2.32. The third-order valence-corrected chi connectivity index (χ3v) is 1.90. The standard InChI is InChI=1S/C6H11BrO6/c7-6(13)5(12)4(11)3(10)2(9)1-8/h2-3,5-6,8-10,12-13H,1H2/t2-,3-,5-,6?/m1/s1. The van der Waals surface area contributed by atoms with Gasteiger partial charge >= 0.3 is 0 Å². The van der Waals surface area contributed by atoms with Crippen LogP contribution in [0.2, 0.25) is 0 Å². The van der Waals surface area contributed by atoms with Gasteiger partial charge in [0.25, 0.3) is 0 Å². The topological polar surface area (TPSA) is 118 Å². The van der Waals surface area contributed by atoms with Gasteiger partial charge in [-0.25, -0.2) is 0 Å². The number of alkyl halides is 1. The van der Waals surface area contributed by atoms with E-state index in [1.54, 1.807) is 0 Å². The third kappa shape index (κ3) is 3.67. The molecule has 0 fully saturated rings. The second-order valence-corrected chi connectivity index (χ2v) is 3.35. The van der Waals surface area contributed by atoms with Gasteiger partial charge in [0.05, 0.1) is 6.61 Å². The van der Waals surface area contributed by atoms with Gasteiger partial charge in [0, 0.05) is 0 Å². The van der Waals surface area contributed by atoms with Crippen molar-refractivity contribution in [3.05, 3.63) is 0 Å². The zero-order valence-corrected chi connectivity index (χ0v) is 8.12. The number of carbonyl (C=O) groups excluding carboxylic acids is 1. The van der Waals surface area contributed by atoms with E-state index >= 15 is 0 Å². The Morgan fingerprint density at radius 3 is 1.92 bits per heavy atom. The molecule has 0 radical (unpaired) electrons. The summed E-state index contributed by atoms with van der Waals surface area (Å²) in [6.45, 7) is -0.808. The number of halogens is 1. The van der Waals surface area contributed by atoms with E-state index < -0.39 is 35.7 Å². The molecular weight excluding hydrogens is 248 g/mol. The summed E-state index contributed by atoms with van der Waals surface area (Å²) in [5.41, 5.74) is 0. The second kappa shape index (κ2) is 5.63. The summed E-state index contributed by atoms with van der Waals surface area (Å²) in [5, 5.41) is 42.2. The van der Waals surface area contributed by atoms with Crippen molar-refractivity contribution in [2.75, 3.05) is 6.61 Å².